The first-order valence-electron chi connectivity index (χ1n) is 13.3. The SMILES string of the molecule is CCNC(=O)c1ccc(C)c(N(C(=O)OCOC(=O)c2ccc(O)cc2)C2=NC=NN3CC(C(=O)NCC)C(C)=C23)c1. The van der Waals surface area contributed by atoms with Crippen molar-refractivity contribution in [1.29, 1.82) is 0 Å². The number of ether oxygens (including phenoxy) is 2. The molecule has 3 amide bonds. The molecule has 0 saturated heterocycles. The molecule has 1 unspecified atom stereocenters. The van der Waals surface area contributed by atoms with Gasteiger partial charge >= 0.3 is 12.1 Å². The molecule has 2 aliphatic rings. The van der Waals surface area contributed by atoms with E-state index >= 15 is 0 Å². The molecular weight excluding hydrogens is 544 g/mol. The number of fused-ring (bicyclic) bond motifs is 1. The van der Waals surface area contributed by atoms with Gasteiger partial charge in [-0.2, -0.15) is 5.10 Å². The lowest BCUT2D eigenvalue weighted by atomic mass is 10.0. The van der Waals surface area contributed by atoms with Crippen LogP contribution in [0.2, 0.25) is 0 Å². The molecule has 0 radical (unpaired) electrons. The van der Waals surface area contributed by atoms with Crippen LogP contribution in [0.3, 0.4) is 0 Å². The predicted molar refractivity (Wildman–Crippen MR) is 154 cm³/mol. The highest BCUT2D eigenvalue weighted by molar-refractivity contribution is 6.24. The van der Waals surface area contributed by atoms with Crippen molar-refractivity contribution >= 4 is 41.7 Å². The predicted octanol–water partition coefficient (Wildman–Crippen LogP) is 2.91. The number of rotatable bonds is 8. The number of anilines is 1. The highest BCUT2D eigenvalue weighted by Crippen LogP contribution is 2.34. The molecule has 0 saturated carbocycles. The number of nitrogens with one attached hydrogen (secondary N) is 2. The van der Waals surface area contributed by atoms with Gasteiger partial charge in [-0.1, -0.05) is 6.07 Å². The smallest absolute Gasteiger partial charge is 0.423 e. The van der Waals surface area contributed by atoms with E-state index in [1.54, 1.807) is 37.9 Å². The fourth-order valence-electron chi connectivity index (χ4n) is 4.54. The van der Waals surface area contributed by atoms with Gasteiger partial charge in [-0.15, -0.1) is 0 Å². The van der Waals surface area contributed by atoms with Crippen LogP contribution >= 0.6 is 0 Å². The van der Waals surface area contributed by atoms with Crippen LogP contribution in [-0.2, 0) is 14.3 Å². The average Bonchev–Trinajstić information content (AvgIpc) is 3.31. The monoisotopic (exact) mass is 576 g/mol. The van der Waals surface area contributed by atoms with Gasteiger partial charge in [0.05, 0.1) is 23.7 Å². The van der Waals surface area contributed by atoms with Gasteiger partial charge < -0.3 is 25.2 Å². The molecule has 0 spiro atoms. The quantitative estimate of drug-likeness (QED) is 0.319. The van der Waals surface area contributed by atoms with E-state index in [1.165, 1.54) is 41.6 Å². The highest BCUT2D eigenvalue weighted by Gasteiger charge is 2.41. The summed E-state index contributed by atoms with van der Waals surface area (Å²) in [5.74, 6) is -1.72. The third-order valence-electron chi connectivity index (χ3n) is 6.68. The zero-order valence-electron chi connectivity index (χ0n) is 23.7. The fourth-order valence-corrected chi connectivity index (χ4v) is 4.54. The average molecular weight is 577 g/mol. The van der Waals surface area contributed by atoms with Crippen molar-refractivity contribution in [3.63, 3.8) is 0 Å². The first-order valence-corrected chi connectivity index (χ1v) is 13.3. The molecule has 1 atom stereocenters. The Morgan fingerprint density at radius 1 is 1.00 bits per heavy atom. The van der Waals surface area contributed by atoms with Gasteiger partial charge in [0.25, 0.3) is 5.91 Å². The van der Waals surface area contributed by atoms with Crippen molar-refractivity contribution in [2.45, 2.75) is 27.7 Å². The van der Waals surface area contributed by atoms with E-state index in [1.807, 2.05) is 6.92 Å². The van der Waals surface area contributed by atoms with Crippen LogP contribution in [0.4, 0.5) is 10.5 Å². The zero-order valence-corrected chi connectivity index (χ0v) is 23.7. The van der Waals surface area contributed by atoms with Gasteiger partial charge in [0.2, 0.25) is 12.7 Å². The molecule has 220 valence electrons. The second-order valence-electron chi connectivity index (χ2n) is 9.45. The molecule has 42 heavy (non-hydrogen) atoms. The number of carbonyl (C=O) groups excluding carboxylic acids is 4. The lowest BCUT2D eigenvalue weighted by Gasteiger charge is -2.30. The number of benzene rings is 2. The molecule has 13 nitrogen and oxygen atoms in total. The van der Waals surface area contributed by atoms with Crippen LogP contribution in [0.25, 0.3) is 0 Å². The summed E-state index contributed by atoms with van der Waals surface area (Å²) in [5, 5.41) is 20.9. The van der Waals surface area contributed by atoms with Crippen LogP contribution in [0.15, 0.2) is 63.8 Å². The van der Waals surface area contributed by atoms with Gasteiger partial charge in [0, 0.05) is 18.7 Å². The van der Waals surface area contributed by atoms with Crippen LogP contribution in [0, 0.1) is 12.8 Å². The zero-order chi connectivity index (χ0) is 30.4. The number of aromatic hydroxyl groups is 1. The summed E-state index contributed by atoms with van der Waals surface area (Å²) in [6.07, 6.45) is 0.320. The molecule has 0 aromatic heterocycles. The molecule has 0 aliphatic carbocycles. The Balaban J connectivity index is 1.69. The summed E-state index contributed by atoms with van der Waals surface area (Å²) in [4.78, 5) is 57.1. The topological polar surface area (TPSA) is 162 Å². The molecule has 2 aliphatic heterocycles. The minimum absolute atomic E-state index is 0.0180. The Hall–Kier alpha value is -5.20. The summed E-state index contributed by atoms with van der Waals surface area (Å²) >= 11 is 0. The molecule has 2 heterocycles. The molecule has 0 bridgehead atoms. The number of amidine groups is 1. The number of phenolic OH excluding ortho intramolecular Hbond substituents is 1. The molecule has 2 aromatic rings. The standard InChI is InChI=1S/C29H32N6O7/c1-5-30-26(37)20-8-7-17(3)23(13-20)35(29(40)42-16-41-28(39)19-9-11-21(36)12-10-19)25-24-18(4)22(27(38)31-6-2)14-34(24)33-15-32-25/h7-13,15,22,36H,5-6,14,16H2,1-4H3,(H,30,37)(H,31,38). The van der Waals surface area contributed by atoms with E-state index < -0.39 is 24.8 Å². The number of carbonyl (C=O) groups is 4. The third kappa shape index (κ3) is 6.24. The van der Waals surface area contributed by atoms with Crippen LogP contribution < -0.4 is 15.5 Å². The largest absolute Gasteiger partial charge is 0.508 e. The van der Waals surface area contributed by atoms with Crippen molar-refractivity contribution in [2.24, 2.45) is 16.0 Å². The van der Waals surface area contributed by atoms with E-state index in [9.17, 15) is 24.3 Å². The molecule has 13 heteroatoms. The minimum Gasteiger partial charge on any atom is -0.508 e. The highest BCUT2D eigenvalue weighted by atomic mass is 16.7. The number of aliphatic imine (C=N–C) groups is 1. The van der Waals surface area contributed by atoms with Crippen molar-refractivity contribution < 1.29 is 33.8 Å². The Kier molecular flexibility index (Phi) is 9.20. The van der Waals surface area contributed by atoms with Gasteiger partial charge in [-0.25, -0.2) is 19.5 Å². The number of hydrazone groups is 1. The number of aryl methyl sites for hydroxylation is 1. The normalized spacial score (nSPS) is 15.5. The lowest BCUT2D eigenvalue weighted by Crippen LogP contribution is -2.43. The molecule has 4 rings (SSSR count). The first-order chi connectivity index (χ1) is 20.2. The second kappa shape index (κ2) is 13.0. The first kappa shape index (κ1) is 29.8. The van der Waals surface area contributed by atoms with Crippen LogP contribution in [-0.4, -0.2) is 72.6 Å². The lowest BCUT2D eigenvalue weighted by molar-refractivity contribution is -0.123. The van der Waals surface area contributed by atoms with E-state index in [4.69, 9.17) is 9.47 Å². The van der Waals surface area contributed by atoms with E-state index in [0.717, 1.165) is 0 Å². The van der Waals surface area contributed by atoms with Crippen LogP contribution in [0.1, 0.15) is 47.1 Å². The number of phenols is 1. The number of nitrogens with zero attached hydrogens (tertiary/aromatic N) is 4. The third-order valence-corrected chi connectivity index (χ3v) is 6.68. The second-order valence-corrected chi connectivity index (χ2v) is 9.45. The molecular formula is C29H32N6O7. The summed E-state index contributed by atoms with van der Waals surface area (Å²) in [5.41, 5.74) is 2.45. The molecule has 3 N–H and O–H groups in total. The van der Waals surface area contributed by atoms with Gasteiger partial charge in [-0.05, 0) is 75.2 Å². The number of hydrogen-bond donors (Lipinski definition) is 3. The Morgan fingerprint density at radius 3 is 2.38 bits per heavy atom. The Labute approximate surface area is 242 Å². The Morgan fingerprint density at radius 2 is 1.69 bits per heavy atom. The number of esters is 1. The van der Waals surface area contributed by atoms with Crippen molar-refractivity contribution in [2.75, 3.05) is 31.3 Å². The van der Waals surface area contributed by atoms with Crippen LogP contribution in [0.5, 0.6) is 5.75 Å². The number of amides is 3. The maximum atomic E-state index is 13.7. The van der Waals surface area contributed by atoms with Crippen molar-refractivity contribution in [3.05, 3.63) is 70.4 Å². The number of hydrogen-bond acceptors (Lipinski definition) is 10. The molecule has 2 aromatic carbocycles. The van der Waals surface area contributed by atoms with E-state index in [2.05, 4.69) is 20.7 Å². The fraction of sp³-hybridized carbons (Fsp3) is 0.310. The van der Waals surface area contributed by atoms with E-state index in [0.29, 0.717) is 41.2 Å². The summed E-state index contributed by atoms with van der Waals surface area (Å²) < 4.78 is 10.5. The van der Waals surface area contributed by atoms with Gasteiger partial charge in [0.1, 0.15) is 17.8 Å². The maximum absolute atomic E-state index is 13.7. The molecule has 0 fully saturated rings. The van der Waals surface area contributed by atoms with Gasteiger partial charge in [-0.3, -0.25) is 14.6 Å². The summed E-state index contributed by atoms with van der Waals surface area (Å²) in [7, 11) is 0. The maximum Gasteiger partial charge on any atom is 0.423 e. The van der Waals surface area contributed by atoms with Crippen molar-refractivity contribution in [1.82, 2.24) is 15.6 Å². The Bertz CT molecular complexity index is 1480. The van der Waals surface area contributed by atoms with Crippen molar-refractivity contribution in [3.8, 4) is 5.75 Å². The summed E-state index contributed by atoms with van der Waals surface area (Å²) in [6, 6.07) is 10.3. The summed E-state index contributed by atoms with van der Waals surface area (Å²) in [6.45, 7) is 7.52. The van der Waals surface area contributed by atoms with E-state index in [-0.39, 0.29) is 35.5 Å². The minimum atomic E-state index is -0.944. The van der Waals surface area contributed by atoms with Gasteiger partial charge in [0.15, 0.2) is 5.84 Å².